The Morgan fingerprint density at radius 1 is 1.47 bits per heavy atom. The highest BCUT2D eigenvalue weighted by Gasteiger charge is 2.13. The molecule has 1 N–H and O–H groups in total. The van der Waals surface area contributed by atoms with E-state index in [1.165, 1.54) is 10.9 Å². The average Bonchev–Trinajstić information content (AvgIpc) is 2.67. The number of imidazole rings is 1. The predicted molar refractivity (Wildman–Crippen MR) is 50.1 cm³/mol. The first-order valence-electron chi connectivity index (χ1n) is 4.19. The standard InChI is InChI=1S/C9H8N6/c1-13-7(2-10)5-15-6-14-8(3-11)9(15)4-12/h6-7,13H,5H2,1H3. The Morgan fingerprint density at radius 2 is 2.20 bits per heavy atom. The summed E-state index contributed by atoms with van der Waals surface area (Å²) in [5, 5.41) is 29.0. The molecular formula is C9H8N6. The molecule has 1 atom stereocenters. The van der Waals surface area contributed by atoms with Crippen LogP contribution in [0.2, 0.25) is 0 Å². The fourth-order valence-corrected chi connectivity index (χ4v) is 1.11. The van der Waals surface area contributed by atoms with Crippen LogP contribution in [0.3, 0.4) is 0 Å². The number of hydrogen-bond acceptors (Lipinski definition) is 5. The molecule has 6 heteroatoms. The van der Waals surface area contributed by atoms with Crippen molar-refractivity contribution in [2.75, 3.05) is 7.05 Å². The number of hydrogen-bond donors (Lipinski definition) is 1. The van der Waals surface area contributed by atoms with E-state index in [4.69, 9.17) is 15.8 Å². The monoisotopic (exact) mass is 200 g/mol. The molecule has 0 spiro atoms. The van der Waals surface area contributed by atoms with E-state index < -0.39 is 6.04 Å². The summed E-state index contributed by atoms with van der Waals surface area (Å²) in [5.41, 5.74) is 0.276. The van der Waals surface area contributed by atoms with E-state index in [1.54, 1.807) is 7.05 Å². The second kappa shape index (κ2) is 4.76. The molecule has 0 aliphatic heterocycles. The second-order valence-electron chi connectivity index (χ2n) is 2.79. The SMILES string of the molecule is CNC(C#N)Cn1cnc(C#N)c1C#N. The summed E-state index contributed by atoms with van der Waals surface area (Å²) in [5.74, 6) is 0. The molecule has 15 heavy (non-hydrogen) atoms. The van der Waals surface area contributed by atoms with E-state index in [-0.39, 0.29) is 11.4 Å². The summed E-state index contributed by atoms with van der Waals surface area (Å²) >= 11 is 0. The van der Waals surface area contributed by atoms with Crippen LogP contribution >= 0.6 is 0 Å². The van der Waals surface area contributed by atoms with Gasteiger partial charge in [0.05, 0.1) is 18.9 Å². The molecule has 1 heterocycles. The van der Waals surface area contributed by atoms with Gasteiger partial charge in [-0.15, -0.1) is 0 Å². The van der Waals surface area contributed by atoms with E-state index in [0.29, 0.717) is 6.54 Å². The number of likely N-dealkylation sites (N-methyl/N-ethyl adjacent to an activating group) is 1. The van der Waals surface area contributed by atoms with Crippen LogP contribution in [0.4, 0.5) is 0 Å². The van der Waals surface area contributed by atoms with Crippen LogP contribution in [0.15, 0.2) is 6.33 Å². The normalized spacial score (nSPS) is 11.1. The van der Waals surface area contributed by atoms with Crippen molar-refractivity contribution in [3.05, 3.63) is 17.7 Å². The summed E-state index contributed by atoms with van der Waals surface area (Å²) in [6, 6.07) is 5.33. The summed E-state index contributed by atoms with van der Waals surface area (Å²) in [6.07, 6.45) is 1.39. The van der Waals surface area contributed by atoms with E-state index in [2.05, 4.69) is 10.3 Å². The van der Waals surface area contributed by atoms with Gasteiger partial charge in [-0.1, -0.05) is 0 Å². The maximum Gasteiger partial charge on any atom is 0.176 e. The maximum absolute atomic E-state index is 8.81. The molecule has 0 radical (unpaired) electrons. The Labute approximate surface area is 87.0 Å². The average molecular weight is 200 g/mol. The van der Waals surface area contributed by atoms with Gasteiger partial charge in [-0.05, 0) is 7.05 Å². The predicted octanol–water partition coefficient (Wildman–Crippen LogP) is -0.262. The van der Waals surface area contributed by atoms with Gasteiger partial charge in [-0.2, -0.15) is 15.8 Å². The van der Waals surface area contributed by atoms with Crippen LogP contribution in [0, 0.1) is 34.0 Å². The van der Waals surface area contributed by atoms with Crippen molar-refractivity contribution in [3.8, 4) is 18.2 Å². The lowest BCUT2D eigenvalue weighted by Gasteiger charge is -2.08. The molecule has 1 aromatic rings. The molecule has 0 saturated carbocycles. The minimum atomic E-state index is -0.405. The lowest BCUT2D eigenvalue weighted by molar-refractivity contribution is 0.560. The molecule has 1 unspecified atom stereocenters. The molecule has 0 bridgehead atoms. The van der Waals surface area contributed by atoms with Crippen molar-refractivity contribution >= 4 is 0 Å². The van der Waals surface area contributed by atoms with Crippen LogP contribution in [-0.2, 0) is 6.54 Å². The third-order valence-electron chi connectivity index (χ3n) is 1.93. The minimum Gasteiger partial charge on any atom is -0.319 e. The van der Waals surface area contributed by atoms with Gasteiger partial charge < -0.3 is 9.88 Å². The van der Waals surface area contributed by atoms with Crippen molar-refractivity contribution in [1.29, 1.82) is 15.8 Å². The molecule has 0 saturated heterocycles. The molecule has 6 nitrogen and oxygen atoms in total. The van der Waals surface area contributed by atoms with E-state index in [0.717, 1.165) is 0 Å². The van der Waals surface area contributed by atoms with Gasteiger partial charge in [0.15, 0.2) is 11.4 Å². The minimum absolute atomic E-state index is 0.0882. The van der Waals surface area contributed by atoms with Crippen molar-refractivity contribution in [2.24, 2.45) is 0 Å². The highest BCUT2D eigenvalue weighted by molar-refractivity contribution is 5.36. The fourth-order valence-electron chi connectivity index (χ4n) is 1.11. The number of rotatable bonds is 3. The lowest BCUT2D eigenvalue weighted by atomic mass is 10.3. The Hall–Kier alpha value is -2.36. The summed E-state index contributed by atoms with van der Waals surface area (Å²) in [7, 11) is 1.65. The quantitative estimate of drug-likeness (QED) is 0.724. The van der Waals surface area contributed by atoms with E-state index >= 15 is 0 Å². The molecule has 1 rings (SSSR count). The summed E-state index contributed by atoms with van der Waals surface area (Å²) < 4.78 is 1.49. The van der Waals surface area contributed by atoms with Gasteiger partial charge in [0.1, 0.15) is 18.2 Å². The largest absolute Gasteiger partial charge is 0.319 e. The van der Waals surface area contributed by atoms with Gasteiger partial charge in [0.2, 0.25) is 0 Å². The third kappa shape index (κ3) is 2.11. The van der Waals surface area contributed by atoms with Crippen LogP contribution in [-0.4, -0.2) is 22.6 Å². The summed E-state index contributed by atoms with van der Waals surface area (Å²) in [6.45, 7) is 0.296. The zero-order valence-corrected chi connectivity index (χ0v) is 8.10. The molecular weight excluding hydrogens is 192 g/mol. The van der Waals surface area contributed by atoms with E-state index in [9.17, 15) is 0 Å². The molecule has 0 aliphatic carbocycles. The van der Waals surface area contributed by atoms with Gasteiger partial charge in [-0.3, -0.25) is 0 Å². The Kier molecular flexibility index (Phi) is 3.40. The van der Waals surface area contributed by atoms with Crippen molar-refractivity contribution in [1.82, 2.24) is 14.9 Å². The van der Waals surface area contributed by atoms with Crippen molar-refractivity contribution in [2.45, 2.75) is 12.6 Å². The van der Waals surface area contributed by atoms with Gasteiger partial charge in [0.25, 0.3) is 0 Å². The number of nitrogens with one attached hydrogen (secondary N) is 1. The van der Waals surface area contributed by atoms with Gasteiger partial charge >= 0.3 is 0 Å². The molecule has 0 fully saturated rings. The van der Waals surface area contributed by atoms with Crippen LogP contribution in [0.25, 0.3) is 0 Å². The Bertz CT molecular complexity index is 466. The number of nitriles is 3. The third-order valence-corrected chi connectivity index (χ3v) is 1.93. The fraction of sp³-hybridized carbons (Fsp3) is 0.333. The van der Waals surface area contributed by atoms with Crippen LogP contribution in [0.1, 0.15) is 11.4 Å². The topological polar surface area (TPSA) is 101 Å². The summed E-state index contributed by atoms with van der Waals surface area (Å²) in [4.78, 5) is 3.77. The van der Waals surface area contributed by atoms with Gasteiger partial charge in [0, 0.05) is 0 Å². The molecule has 0 aromatic carbocycles. The molecule has 74 valence electrons. The second-order valence-corrected chi connectivity index (χ2v) is 2.79. The van der Waals surface area contributed by atoms with E-state index in [1.807, 2.05) is 18.2 Å². The van der Waals surface area contributed by atoms with Gasteiger partial charge in [-0.25, -0.2) is 4.98 Å². The van der Waals surface area contributed by atoms with Crippen LogP contribution < -0.4 is 5.32 Å². The van der Waals surface area contributed by atoms with Crippen LogP contribution in [0.5, 0.6) is 0 Å². The smallest absolute Gasteiger partial charge is 0.176 e. The first kappa shape index (κ1) is 10.7. The molecule has 0 aliphatic rings. The Morgan fingerprint density at radius 3 is 2.67 bits per heavy atom. The number of aromatic nitrogens is 2. The zero-order valence-electron chi connectivity index (χ0n) is 8.10. The first-order chi connectivity index (χ1) is 7.26. The Balaban J connectivity index is 2.98. The van der Waals surface area contributed by atoms with Crippen molar-refractivity contribution in [3.63, 3.8) is 0 Å². The number of nitrogens with zero attached hydrogens (tertiary/aromatic N) is 5. The maximum atomic E-state index is 8.81. The highest BCUT2D eigenvalue weighted by atomic mass is 15.1. The highest BCUT2D eigenvalue weighted by Crippen LogP contribution is 2.05. The lowest BCUT2D eigenvalue weighted by Crippen LogP contribution is -2.28. The molecule has 1 aromatic heterocycles. The van der Waals surface area contributed by atoms with Crippen molar-refractivity contribution < 1.29 is 0 Å². The zero-order chi connectivity index (χ0) is 11.3. The molecule has 0 amide bonds. The first-order valence-corrected chi connectivity index (χ1v) is 4.19.